The zero-order valence-corrected chi connectivity index (χ0v) is 11.4. The first-order valence-corrected chi connectivity index (χ1v) is 6.62. The number of Topliss-reactive ketones (excluding diaryl/α,β-unsaturated/α-hetero) is 1. The highest BCUT2D eigenvalue weighted by molar-refractivity contribution is 5.86. The standard InChI is InChI=1S/C16H16N2O3/c17-15(10-12-4-2-1-3-5-12)16(19)11-13-6-8-14(9-7-13)18(20)21/h1-9,15H,10-11,17H2. The maximum Gasteiger partial charge on any atom is 0.269 e. The van der Waals surface area contributed by atoms with Crippen LogP contribution in [-0.4, -0.2) is 16.7 Å². The van der Waals surface area contributed by atoms with E-state index in [-0.39, 0.29) is 17.9 Å². The number of nitro benzene ring substituents is 1. The number of ketones is 1. The summed E-state index contributed by atoms with van der Waals surface area (Å²) in [6, 6.07) is 15.0. The van der Waals surface area contributed by atoms with E-state index in [9.17, 15) is 14.9 Å². The number of hydrogen-bond donors (Lipinski definition) is 1. The Morgan fingerprint density at radius 2 is 1.67 bits per heavy atom. The Morgan fingerprint density at radius 1 is 1.05 bits per heavy atom. The maximum absolute atomic E-state index is 12.1. The molecule has 2 rings (SSSR count). The number of carbonyl (C=O) groups excluding carboxylic acids is 1. The van der Waals surface area contributed by atoms with Crippen LogP contribution in [0.15, 0.2) is 54.6 Å². The fourth-order valence-corrected chi connectivity index (χ4v) is 2.05. The third-order valence-corrected chi connectivity index (χ3v) is 3.24. The van der Waals surface area contributed by atoms with Crippen LogP contribution in [-0.2, 0) is 17.6 Å². The molecule has 0 saturated carbocycles. The third-order valence-electron chi connectivity index (χ3n) is 3.24. The molecule has 0 heterocycles. The Bertz CT molecular complexity index is 624. The van der Waals surface area contributed by atoms with E-state index in [4.69, 9.17) is 5.73 Å². The number of rotatable bonds is 6. The first kappa shape index (κ1) is 14.9. The Labute approximate surface area is 122 Å². The van der Waals surface area contributed by atoms with E-state index in [0.717, 1.165) is 11.1 Å². The highest BCUT2D eigenvalue weighted by atomic mass is 16.6. The van der Waals surface area contributed by atoms with Crippen LogP contribution in [0.1, 0.15) is 11.1 Å². The molecule has 5 heteroatoms. The predicted molar refractivity (Wildman–Crippen MR) is 79.9 cm³/mol. The Kier molecular flexibility index (Phi) is 4.79. The van der Waals surface area contributed by atoms with Crippen molar-refractivity contribution in [3.05, 3.63) is 75.8 Å². The molecular weight excluding hydrogens is 268 g/mol. The molecule has 2 aromatic carbocycles. The summed E-state index contributed by atoms with van der Waals surface area (Å²) in [5.74, 6) is -0.0762. The summed E-state index contributed by atoms with van der Waals surface area (Å²) in [4.78, 5) is 22.2. The molecule has 0 fully saturated rings. The van der Waals surface area contributed by atoms with E-state index in [2.05, 4.69) is 0 Å². The summed E-state index contributed by atoms with van der Waals surface area (Å²) in [7, 11) is 0. The lowest BCUT2D eigenvalue weighted by molar-refractivity contribution is -0.384. The Balaban J connectivity index is 1.95. The highest BCUT2D eigenvalue weighted by Gasteiger charge is 2.15. The smallest absolute Gasteiger partial charge is 0.269 e. The van der Waals surface area contributed by atoms with Crippen molar-refractivity contribution in [2.45, 2.75) is 18.9 Å². The van der Waals surface area contributed by atoms with Gasteiger partial charge in [0.2, 0.25) is 0 Å². The molecule has 0 radical (unpaired) electrons. The molecule has 0 spiro atoms. The van der Waals surface area contributed by atoms with Crippen molar-refractivity contribution in [3.63, 3.8) is 0 Å². The highest BCUT2D eigenvalue weighted by Crippen LogP contribution is 2.13. The van der Waals surface area contributed by atoms with Crippen molar-refractivity contribution < 1.29 is 9.72 Å². The first-order valence-electron chi connectivity index (χ1n) is 6.62. The predicted octanol–water partition coefficient (Wildman–Crippen LogP) is 2.28. The van der Waals surface area contributed by atoms with Gasteiger partial charge in [-0.3, -0.25) is 14.9 Å². The molecule has 21 heavy (non-hydrogen) atoms. The number of benzene rings is 2. The molecule has 0 amide bonds. The van der Waals surface area contributed by atoms with Gasteiger partial charge in [-0.1, -0.05) is 42.5 Å². The van der Waals surface area contributed by atoms with Crippen LogP contribution in [0.4, 0.5) is 5.69 Å². The van der Waals surface area contributed by atoms with Crippen LogP contribution in [0.25, 0.3) is 0 Å². The van der Waals surface area contributed by atoms with E-state index in [1.807, 2.05) is 30.3 Å². The number of hydrogen-bond acceptors (Lipinski definition) is 4. The number of nitrogens with zero attached hydrogens (tertiary/aromatic N) is 1. The van der Waals surface area contributed by atoms with Gasteiger partial charge < -0.3 is 5.73 Å². The number of carbonyl (C=O) groups is 1. The lowest BCUT2D eigenvalue weighted by atomic mass is 9.98. The van der Waals surface area contributed by atoms with Crippen molar-refractivity contribution in [1.29, 1.82) is 0 Å². The molecule has 1 unspecified atom stereocenters. The summed E-state index contributed by atoms with van der Waals surface area (Å²) < 4.78 is 0. The van der Waals surface area contributed by atoms with Gasteiger partial charge in [-0.2, -0.15) is 0 Å². The minimum atomic E-state index is -0.567. The Hall–Kier alpha value is -2.53. The molecule has 1 atom stereocenters. The molecule has 2 N–H and O–H groups in total. The van der Waals surface area contributed by atoms with Crippen molar-refractivity contribution >= 4 is 11.5 Å². The van der Waals surface area contributed by atoms with Crippen LogP contribution in [0.2, 0.25) is 0 Å². The fourth-order valence-electron chi connectivity index (χ4n) is 2.05. The molecular formula is C16H16N2O3. The van der Waals surface area contributed by atoms with Gasteiger partial charge in [0.15, 0.2) is 5.78 Å². The van der Waals surface area contributed by atoms with Crippen LogP contribution >= 0.6 is 0 Å². The maximum atomic E-state index is 12.1. The second-order valence-corrected chi connectivity index (χ2v) is 4.86. The van der Waals surface area contributed by atoms with Gasteiger partial charge in [-0.25, -0.2) is 0 Å². The molecule has 0 bridgehead atoms. The number of nitro groups is 1. The van der Waals surface area contributed by atoms with E-state index in [1.54, 1.807) is 12.1 Å². The SMILES string of the molecule is NC(Cc1ccccc1)C(=O)Cc1ccc([N+](=O)[O-])cc1. The van der Waals surface area contributed by atoms with Gasteiger partial charge in [0.25, 0.3) is 5.69 Å². The van der Waals surface area contributed by atoms with Crippen molar-refractivity contribution in [3.8, 4) is 0 Å². The quantitative estimate of drug-likeness (QED) is 0.651. The Morgan fingerprint density at radius 3 is 2.24 bits per heavy atom. The molecule has 0 aliphatic heterocycles. The van der Waals surface area contributed by atoms with Gasteiger partial charge in [-0.05, 0) is 17.5 Å². The van der Waals surface area contributed by atoms with Crippen LogP contribution in [0.3, 0.4) is 0 Å². The van der Waals surface area contributed by atoms with E-state index in [1.165, 1.54) is 12.1 Å². The molecule has 0 saturated heterocycles. The number of nitrogens with two attached hydrogens (primary N) is 1. The molecule has 5 nitrogen and oxygen atoms in total. The summed E-state index contributed by atoms with van der Waals surface area (Å²) in [5, 5.41) is 10.6. The molecule has 108 valence electrons. The van der Waals surface area contributed by atoms with E-state index < -0.39 is 11.0 Å². The first-order chi connectivity index (χ1) is 10.1. The lowest BCUT2D eigenvalue weighted by Crippen LogP contribution is -2.33. The third kappa shape index (κ3) is 4.22. The summed E-state index contributed by atoms with van der Waals surface area (Å²) in [5.41, 5.74) is 7.68. The molecule has 2 aromatic rings. The topological polar surface area (TPSA) is 86.2 Å². The monoisotopic (exact) mass is 284 g/mol. The number of non-ortho nitro benzene ring substituents is 1. The average molecular weight is 284 g/mol. The second kappa shape index (κ2) is 6.76. The van der Waals surface area contributed by atoms with Gasteiger partial charge in [0.05, 0.1) is 11.0 Å². The van der Waals surface area contributed by atoms with Crippen LogP contribution < -0.4 is 5.73 Å². The van der Waals surface area contributed by atoms with Crippen molar-refractivity contribution in [2.24, 2.45) is 5.73 Å². The minimum absolute atomic E-state index is 0.0137. The van der Waals surface area contributed by atoms with Gasteiger partial charge in [0, 0.05) is 18.6 Å². The normalized spacial score (nSPS) is 11.9. The second-order valence-electron chi connectivity index (χ2n) is 4.86. The lowest BCUT2D eigenvalue weighted by Gasteiger charge is -2.10. The molecule has 0 aromatic heterocycles. The molecule has 0 aliphatic carbocycles. The summed E-state index contributed by atoms with van der Waals surface area (Å²) >= 11 is 0. The van der Waals surface area contributed by atoms with Crippen LogP contribution in [0.5, 0.6) is 0 Å². The van der Waals surface area contributed by atoms with E-state index >= 15 is 0 Å². The van der Waals surface area contributed by atoms with Gasteiger partial charge in [0.1, 0.15) is 0 Å². The average Bonchev–Trinajstić information content (AvgIpc) is 2.48. The minimum Gasteiger partial charge on any atom is -0.321 e. The summed E-state index contributed by atoms with van der Waals surface area (Å²) in [6.45, 7) is 0. The van der Waals surface area contributed by atoms with Crippen molar-refractivity contribution in [2.75, 3.05) is 0 Å². The van der Waals surface area contributed by atoms with Crippen LogP contribution in [0, 0.1) is 10.1 Å². The zero-order valence-electron chi connectivity index (χ0n) is 11.4. The largest absolute Gasteiger partial charge is 0.321 e. The van der Waals surface area contributed by atoms with Crippen molar-refractivity contribution in [1.82, 2.24) is 0 Å². The fraction of sp³-hybridized carbons (Fsp3) is 0.188. The van der Waals surface area contributed by atoms with Gasteiger partial charge in [-0.15, -0.1) is 0 Å². The zero-order chi connectivity index (χ0) is 15.2. The summed E-state index contributed by atoms with van der Waals surface area (Å²) in [6.07, 6.45) is 0.679. The molecule has 0 aliphatic rings. The van der Waals surface area contributed by atoms with E-state index in [0.29, 0.717) is 6.42 Å². The van der Waals surface area contributed by atoms with Gasteiger partial charge >= 0.3 is 0 Å².